The summed E-state index contributed by atoms with van der Waals surface area (Å²) in [6, 6.07) is 15.3. The summed E-state index contributed by atoms with van der Waals surface area (Å²) < 4.78 is 20.3. The third kappa shape index (κ3) is 4.38. The second-order valence-corrected chi connectivity index (χ2v) is 7.85. The molecule has 1 N–H and O–H groups in total. The van der Waals surface area contributed by atoms with Gasteiger partial charge in [-0.15, -0.1) is 0 Å². The summed E-state index contributed by atoms with van der Waals surface area (Å²) in [6.45, 7) is 1.85. The number of para-hydroxylation sites is 1. The zero-order valence-electron chi connectivity index (χ0n) is 17.4. The molecule has 1 aromatic heterocycles. The number of anilines is 1. The van der Waals surface area contributed by atoms with Crippen LogP contribution in [-0.2, 0) is 4.79 Å². The first-order valence-electron chi connectivity index (χ1n) is 10.5. The molecule has 1 saturated carbocycles. The van der Waals surface area contributed by atoms with Crippen molar-refractivity contribution in [1.82, 2.24) is 5.32 Å². The predicted molar refractivity (Wildman–Crippen MR) is 116 cm³/mol. The molecule has 4 rings (SSSR count). The fourth-order valence-corrected chi connectivity index (χ4v) is 4.16. The molecule has 2 aromatic carbocycles. The molecule has 31 heavy (non-hydrogen) atoms. The molecule has 6 heteroatoms. The molecule has 2 amide bonds. The first kappa shape index (κ1) is 20.8. The quantitative estimate of drug-likeness (QED) is 0.598. The van der Waals surface area contributed by atoms with Gasteiger partial charge in [-0.3, -0.25) is 14.5 Å². The molecule has 0 radical (unpaired) electrons. The highest BCUT2D eigenvalue weighted by Gasteiger charge is 2.37. The van der Waals surface area contributed by atoms with E-state index < -0.39 is 23.7 Å². The number of hydrogen-bond donors (Lipinski definition) is 1. The van der Waals surface area contributed by atoms with Crippen LogP contribution in [0.15, 0.2) is 71.3 Å². The highest BCUT2D eigenvalue weighted by atomic mass is 19.1. The number of nitrogens with one attached hydrogen (secondary N) is 1. The van der Waals surface area contributed by atoms with Crippen molar-refractivity contribution in [3.8, 4) is 0 Å². The van der Waals surface area contributed by atoms with Crippen LogP contribution in [0.3, 0.4) is 0 Å². The van der Waals surface area contributed by atoms with Gasteiger partial charge in [0.15, 0.2) is 5.76 Å². The molecular weight excluding hydrogens is 395 g/mol. The standard InChI is InChI=1S/C25H25FN2O3/c1-17-9-2-7-14-21(17)28(25(30)22-15-8-16-31-22)23(19-12-5-6-13-20(19)26)24(29)27-18-10-3-4-11-18/h2,5-9,12-16,18,23H,3-4,10-11H2,1H3,(H,27,29)/t23-/m0/s1. The molecule has 0 unspecified atom stereocenters. The van der Waals surface area contributed by atoms with Crippen molar-refractivity contribution in [2.24, 2.45) is 0 Å². The number of hydrogen-bond acceptors (Lipinski definition) is 3. The second kappa shape index (κ2) is 9.16. The van der Waals surface area contributed by atoms with Crippen LogP contribution in [0.25, 0.3) is 0 Å². The SMILES string of the molecule is Cc1ccccc1N(C(=O)c1ccco1)[C@H](C(=O)NC1CCCC1)c1ccccc1F. The monoisotopic (exact) mass is 420 g/mol. The minimum absolute atomic E-state index is 0.0270. The maximum absolute atomic E-state index is 15.0. The van der Waals surface area contributed by atoms with E-state index >= 15 is 0 Å². The van der Waals surface area contributed by atoms with Gasteiger partial charge in [0.1, 0.15) is 11.9 Å². The smallest absolute Gasteiger partial charge is 0.294 e. The normalized spacial score (nSPS) is 14.9. The van der Waals surface area contributed by atoms with Crippen molar-refractivity contribution in [2.45, 2.75) is 44.7 Å². The van der Waals surface area contributed by atoms with Gasteiger partial charge in [-0.2, -0.15) is 0 Å². The van der Waals surface area contributed by atoms with Crippen LogP contribution in [0.2, 0.25) is 0 Å². The number of nitrogens with zero attached hydrogens (tertiary/aromatic N) is 1. The Kier molecular flexibility index (Phi) is 6.16. The summed E-state index contributed by atoms with van der Waals surface area (Å²) in [5.74, 6) is -1.37. The van der Waals surface area contributed by atoms with Gasteiger partial charge in [-0.05, 0) is 49.6 Å². The van der Waals surface area contributed by atoms with Crippen molar-refractivity contribution in [3.05, 3.63) is 89.6 Å². The van der Waals surface area contributed by atoms with Crippen LogP contribution in [0, 0.1) is 12.7 Å². The predicted octanol–water partition coefficient (Wildman–Crippen LogP) is 5.17. The van der Waals surface area contributed by atoms with Gasteiger partial charge in [-0.25, -0.2) is 4.39 Å². The maximum atomic E-state index is 15.0. The largest absolute Gasteiger partial charge is 0.459 e. The highest BCUT2D eigenvalue weighted by molar-refractivity contribution is 6.09. The van der Waals surface area contributed by atoms with Gasteiger partial charge in [0.25, 0.3) is 5.91 Å². The number of benzene rings is 2. The van der Waals surface area contributed by atoms with Gasteiger partial charge in [-0.1, -0.05) is 49.2 Å². The lowest BCUT2D eigenvalue weighted by Gasteiger charge is -2.32. The van der Waals surface area contributed by atoms with E-state index in [1.165, 1.54) is 17.2 Å². The highest BCUT2D eigenvalue weighted by Crippen LogP contribution is 2.33. The Balaban J connectivity index is 1.84. The molecule has 1 aliphatic carbocycles. The van der Waals surface area contributed by atoms with Crippen molar-refractivity contribution < 1.29 is 18.4 Å². The summed E-state index contributed by atoms with van der Waals surface area (Å²) in [5.41, 5.74) is 1.46. The maximum Gasteiger partial charge on any atom is 0.294 e. The molecule has 5 nitrogen and oxygen atoms in total. The molecule has 1 atom stereocenters. The average molecular weight is 420 g/mol. The third-order valence-electron chi connectivity index (χ3n) is 5.73. The minimum atomic E-state index is -1.18. The molecule has 1 aliphatic rings. The minimum Gasteiger partial charge on any atom is -0.459 e. The first-order chi connectivity index (χ1) is 15.1. The van der Waals surface area contributed by atoms with E-state index in [2.05, 4.69) is 5.32 Å². The number of carbonyl (C=O) groups is 2. The molecule has 1 fully saturated rings. The van der Waals surface area contributed by atoms with Gasteiger partial charge >= 0.3 is 0 Å². The third-order valence-corrected chi connectivity index (χ3v) is 5.73. The average Bonchev–Trinajstić information content (AvgIpc) is 3.47. The second-order valence-electron chi connectivity index (χ2n) is 7.85. The number of carbonyl (C=O) groups excluding carboxylic acids is 2. The van der Waals surface area contributed by atoms with Crippen molar-refractivity contribution in [3.63, 3.8) is 0 Å². The lowest BCUT2D eigenvalue weighted by molar-refractivity contribution is -0.123. The fraction of sp³-hybridized carbons (Fsp3) is 0.280. The molecular formula is C25H25FN2O3. The summed E-state index contributed by atoms with van der Waals surface area (Å²) in [4.78, 5) is 28.4. The zero-order valence-corrected chi connectivity index (χ0v) is 17.4. The first-order valence-corrected chi connectivity index (χ1v) is 10.5. The summed E-state index contributed by atoms with van der Waals surface area (Å²) >= 11 is 0. The van der Waals surface area contributed by atoms with Gasteiger partial charge in [0, 0.05) is 17.3 Å². The molecule has 160 valence electrons. The van der Waals surface area contributed by atoms with Crippen LogP contribution >= 0.6 is 0 Å². The number of halogens is 1. The van der Waals surface area contributed by atoms with E-state index in [1.807, 2.05) is 19.1 Å². The van der Waals surface area contributed by atoms with Gasteiger partial charge in [0.2, 0.25) is 5.91 Å². The summed E-state index contributed by atoms with van der Waals surface area (Å²) in [7, 11) is 0. The van der Waals surface area contributed by atoms with Crippen LogP contribution in [0.4, 0.5) is 10.1 Å². The van der Waals surface area contributed by atoms with Crippen LogP contribution < -0.4 is 10.2 Å². The Morgan fingerprint density at radius 1 is 1.03 bits per heavy atom. The zero-order chi connectivity index (χ0) is 21.8. The number of furan rings is 1. The Morgan fingerprint density at radius 2 is 1.74 bits per heavy atom. The van der Waals surface area contributed by atoms with Crippen molar-refractivity contribution in [2.75, 3.05) is 4.90 Å². The van der Waals surface area contributed by atoms with E-state index in [9.17, 15) is 14.0 Å². The Hall–Kier alpha value is -3.41. The van der Waals surface area contributed by atoms with Crippen LogP contribution in [0.5, 0.6) is 0 Å². The molecule has 0 saturated heterocycles. The Bertz CT molecular complexity index is 1060. The molecule has 0 bridgehead atoms. The lowest BCUT2D eigenvalue weighted by Crippen LogP contribution is -2.47. The molecule has 1 heterocycles. The molecule has 0 aliphatic heterocycles. The number of rotatable bonds is 6. The van der Waals surface area contributed by atoms with Crippen LogP contribution in [0.1, 0.15) is 53.4 Å². The fourth-order valence-electron chi connectivity index (χ4n) is 4.16. The Morgan fingerprint density at radius 3 is 2.42 bits per heavy atom. The van der Waals surface area contributed by atoms with Crippen molar-refractivity contribution in [1.29, 1.82) is 0 Å². The van der Waals surface area contributed by atoms with Gasteiger partial charge < -0.3 is 9.73 Å². The molecule has 0 spiro atoms. The van der Waals surface area contributed by atoms with Crippen molar-refractivity contribution >= 4 is 17.5 Å². The van der Waals surface area contributed by atoms with E-state index in [0.29, 0.717) is 5.69 Å². The molecule has 3 aromatic rings. The van der Waals surface area contributed by atoms with E-state index in [1.54, 1.807) is 42.5 Å². The van der Waals surface area contributed by atoms with E-state index in [0.717, 1.165) is 31.2 Å². The van der Waals surface area contributed by atoms with Gasteiger partial charge in [0.05, 0.1) is 6.26 Å². The number of amides is 2. The van der Waals surface area contributed by atoms with E-state index in [4.69, 9.17) is 4.42 Å². The lowest BCUT2D eigenvalue weighted by atomic mass is 10.00. The summed E-state index contributed by atoms with van der Waals surface area (Å²) in [5, 5.41) is 3.04. The number of aryl methyl sites for hydroxylation is 1. The van der Waals surface area contributed by atoms with Crippen LogP contribution in [-0.4, -0.2) is 17.9 Å². The topological polar surface area (TPSA) is 62.6 Å². The Labute approximate surface area is 180 Å². The van der Waals surface area contributed by atoms with E-state index in [-0.39, 0.29) is 17.4 Å². The summed E-state index contributed by atoms with van der Waals surface area (Å²) in [6.07, 6.45) is 5.25.